The van der Waals surface area contributed by atoms with Crippen LogP contribution in [0.15, 0.2) is 16.9 Å². The molecule has 0 unspecified atom stereocenters. The van der Waals surface area contributed by atoms with E-state index in [0.717, 1.165) is 19.0 Å². The number of likely N-dealkylation sites (tertiary alicyclic amines) is 1. The third-order valence-corrected chi connectivity index (χ3v) is 4.44. The second kappa shape index (κ2) is 7.54. The van der Waals surface area contributed by atoms with Gasteiger partial charge in [-0.3, -0.25) is 14.5 Å². The Labute approximate surface area is 131 Å². The van der Waals surface area contributed by atoms with Crippen LogP contribution in [-0.2, 0) is 0 Å². The summed E-state index contributed by atoms with van der Waals surface area (Å²) in [6.07, 6.45) is 2.44. The average Bonchev–Trinajstić information content (AvgIpc) is 2.49. The number of amides is 1. The molecule has 1 atom stereocenters. The molecule has 1 amide bonds. The highest BCUT2D eigenvalue weighted by atomic mass is 16.2. The van der Waals surface area contributed by atoms with E-state index in [-0.39, 0.29) is 17.2 Å². The van der Waals surface area contributed by atoms with E-state index in [1.54, 1.807) is 0 Å². The van der Waals surface area contributed by atoms with Crippen molar-refractivity contribution in [3.05, 3.63) is 28.2 Å². The van der Waals surface area contributed by atoms with E-state index in [0.29, 0.717) is 18.5 Å². The van der Waals surface area contributed by atoms with Crippen LogP contribution < -0.4 is 10.9 Å². The van der Waals surface area contributed by atoms with Crippen LogP contribution in [0, 0.1) is 11.8 Å². The van der Waals surface area contributed by atoms with Gasteiger partial charge in [0.2, 0.25) is 0 Å². The van der Waals surface area contributed by atoms with Gasteiger partial charge in [0.05, 0.1) is 0 Å². The lowest BCUT2D eigenvalue weighted by molar-refractivity contribution is 0.0858. The maximum atomic E-state index is 12.1. The minimum absolute atomic E-state index is 0.243. The number of nitrogens with one attached hydrogen (secondary N) is 2. The SMILES string of the molecule is CC1CCN([C@H](CNC(=O)c2ccc(=O)[nH]n2)C(C)C)CC1. The van der Waals surface area contributed by atoms with Gasteiger partial charge < -0.3 is 5.32 Å². The van der Waals surface area contributed by atoms with Crippen molar-refractivity contribution in [2.24, 2.45) is 11.8 Å². The summed E-state index contributed by atoms with van der Waals surface area (Å²) >= 11 is 0. The van der Waals surface area contributed by atoms with Crippen molar-refractivity contribution < 1.29 is 4.79 Å². The summed E-state index contributed by atoms with van der Waals surface area (Å²) in [6, 6.07) is 3.09. The van der Waals surface area contributed by atoms with Crippen molar-refractivity contribution in [2.45, 2.75) is 39.7 Å². The number of aromatic nitrogens is 2. The lowest BCUT2D eigenvalue weighted by Crippen LogP contribution is -2.49. The molecule has 1 aliphatic heterocycles. The van der Waals surface area contributed by atoms with Crippen LogP contribution in [0.4, 0.5) is 0 Å². The van der Waals surface area contributed by atoms with Crippen molar-refractivity contribution in [1.82, 2.24) is 20.4 Å². The molecular weight excluding hydrogens is 280 g/mol. The zero-order valence-corrected chi connectivity index (χ0v) is 13.6. The summed E-state index contributed by atoms with van der Waals surface area (Å²) in [7, 11) is 0. The second-order valence-corrected chi connectivity index (χ2v) is 6.55. The van der Waals surface area contributed by atoms with Crippen LogP contribution in [0.25, 0.3) is 0 Å². The molecule has 1 aromatic rings. The van der Waals surface area contributed by atoms with Crippen molar-refractivity contribution in [1.29, 1.82) is 0 Å². The predicted molar refractivity (Wildman–Crippen MR) is 85.8 cm³/mol. The minimum Gasteiger partial charge on any atom is -0.349 e. The number of rotatable bonds is 5. The second-order valence-electron chi connectivity index (χ2n) is 6.55. The third kappa shape index (κ3) is 4.40. The van der Waals surface area contributed by atoms with Crippen LogP contribution in [0.1, 0.15) is 44.1 Å². The Morgan fingerprint density at radius 2 is 2.09 bits per heavy atom. The van der Waals surface area contributed by atoms with Gasteiger partial charge in [0.1, 0.15) is 5.69 Å². The van der Waals surface area contributed by atoms with Gasteiger partial charge in [-0.1, -0.05) is 20.8 Å². The Morgan fingerprint density at radius 1 is 1.41 bits per heavy atom. The van der Waals surface area contributed by atoms with Crippen molar-refractivity contribution in [2.75, 3.05) is 19.6 Å². The quantitative estimate of drug-likeness (QED) is 0.858. The number of H-pyrrole nitrogens is 1. The highest BCUT2D eigenvalue weighted by molar-refractivity contribution is 5.91. The van der Waals surface area contributed by atoms with Crippen LogP contribution in [0.5, 0.6) is 0 Å². The molecule has 6 heteroatoms. The van der Waals surface area contributed by atoms with Crippen molar-refractivity contribution in [3.63, 3.8) is 0 Å². The molecule has 2 heterocycles. The summed E-state index contributed by atoms with van der Waals surface area (Å²) in [5.74, 6) is 1.02. The van der Waals surface area contributed by atoms with E-state index >= 15 is 0 Å². The monoisotopic (exact) mass is 306 g/mol. The molecule has 1 aliphatic rings. The Hall–Kier alpha value is -1.69. The van der Waals surface area contributed by atoms with E-state index in [2.05, 4.69) is 41.2 Å². The van der Waals surface area contributed by atoms with Crippen LogP contribution >= 0.6 is 0 Å². The number of aromatic amines is 1. The Kier molecular flexibility index (Phi) is 5.71. The largest absolute Gasteiger partial charge is 0.349 e. The molecule has 122 valence electrons. The fourth-order valence-electron chi connectivity index (χ4n) is 2.91. The van der Waals surface area contributed by atoms with Gasteiger partial charge in [0.15, 0.2) is 0 Å². The van der Waals surface area contributed by atoms with Gasteiger partial charge in [-0.15, -0.1) is 0 Å². The number of hydrogen-bond donors (Lipinski definition) is 2. The van der Waals surface area contributed by atoms with E-state index in [1.165, 1.54) is 25.0 Å². The fraction of sp³-hybridized carbons (Fsp3) is 0.688. The summed E-state index contributed by atoms with van der Waals surface area (Å²) in [4.78, 5) is 25.6. The molecule has 0 bridgehead atoms. The summed E-state index contributed by atoms with van der Waals surface area (Å²) in [5, 5.41) is 8.99. The van der Waals surface area contributed by atoms with E-state index in [1.807, 2.05) is 0 Å². The lowest BCUT2D eigenvalue weighted by Gasteiger charge is -2.38. The summed E-state index contributed by atoms with van der Waals surface area (Å²) in [6.45, 7) is 9.46. The van der Waals surface area contributed by atoms with Gasteiger partial charge in [-0.05, 0) is 43.8 Å². The van der Waals surface area contributed by atoms with E-state index in [4.69, 9.17) is 0 Å². The zero-order valence-electron chi connectivity index (χ0n) is 13.6. The number of carbonyl (C=O) groups excluding carboxylic acids is 1. The molecule has 0 aliphatic carbocycles. The maximum Gasteiger partial charge on any atom is 0.271 e. The van der Waals surface area contributed by atoms with Crippen molar-refractivity contribution >= 4 is 5.91 Å². The minimum atomic E-state index is -0.306. The Bertz CT molecular complexity index is 527. The first-order chi connectivity index (χ1) is 10.5. The molecule has 1 fully saturated rings. The zero-order chi connectivity index (χ0) is 16.1. The molecule has 0 saturated carbocycles. The smallest absolute Gasteiger partial charge is 0.271 e. The molecule has 0 aromatic carbocycles. The van der Waals surface area contributed by atoms with Gasteiger partial charge in [-0.2, -0.15) is 5.10 Å². The number of hydrogen-bond acceptors (Lipinski definition) is 4. The molecule has 22 heavy (non-hydrogen) atoms. The van der Waals surface area contributed by atoms with E-state index in [9.17, 15) is 9.59 Å². The first-order valence-electron chi connectivity index (χ1n) is 8.05. The molecule has 0 radical (unpaired) electrons. The summed E-state index contributed by atoms with van der Waals surface area (Å²) in [5.41, 5.74) is -0.0617. The highest BCUT2D eigenvalue weighted by Crippen LogP contribution is 2.21. The standard InChI is InChI=1S/C16H26N4O2/c1-11(2)14(20-8-6-12(3)7-9-20)10-17-16(22)13-4-5-15(21)19-18-13/h4-5,11-12,14H,6-10H2,1-3H3,(H,17,22)(H,19,21)/t14-/m1/s1. The number of nitrogens with zero attached hydrogens (tertiary/aromatic N) is 2. The average molecular weight is 306 g/mol. The third-order valence-electron chi connectivity index (χ3n) is 4.44. The fourth-order valence-corrected chi connectivity index (χ4v) is 2.91. The van der Waals surface area contributed by atoms with Crippen LogP contribution in [0.3, 0.4) is 0 Å². The molecule has 0 spiro atoms. The number of piperidine rings is 1. The first kappa shape index (κ1) is 16.7. The van der Waals surface area contributed by atoms with E-state index < -0.39 is 0 Å². The maximum absolute atomic E-state index is 12.1. The molecule has 1 aromatic heterocycles. The summed E-state index contributed by atoms with van der Waals surface area (Å²) < 4.78 is 0. The molecule has 1 saturated heterocycles. The molecular formula is C16H26N4O2. The highest BCUT2D eigenvalue weighted by Gasteiger charge is 2.26. The van der Waals surface area contributed by atoms with Crippen molar-refractivity contribution in [3.8, 4) is 0 Å². The molecule has 2 N–H and O–H groups in total. The van der Waals surface area contributed by atoms with Gasteiger partial charge in [-0.25, -0.2) is 5.10 Å². The van der Waals surface area contributed by atoms with Crippen LogP contribution in [-0.4, -0.2) is 46.7 Å². The van der Waals surface area contributed by atoms with Gasteiger partial charge in [0, 0.05) is 18.7 Å². The predicted octanol–water partition coefficient (Wildman–Crippen LogP) is 1.26. The van der Waals surface area contributed by atoms with Gasteiger partial charge in [0.25, 0.3) is 11.5 Å². The normalized spacial score (nSPS) is 18.4. The lowest BCUT2D eigenvalue weighted by atomic mass is 9.94. The number of carbonyl (C=O) groups is 1. The Balaban J connectivity index is 1.92. The molecule has 6 nitrogen and oxygen atoms in total. The molecule has 2 rings (SSSR count). The Morgan fingerprint density at radius 3 is 2.64 bits per heavy atom. The topological polar surface area (TPSA) is 78.1 Å². The first-order valence-corrected chi connectivity index (χ1v) is 8.05. The van der Waals surface area contributed by atoms with Crippen LogP contribution in [0.2, 0.25) is 0 Å². The van der Waals surface area contributed by atoms with Gasteiger partial charge >= 0.3 is 0 Å².